The quantitative estimate of drug-likeness (QED) is 0.853. The van der Waals surface area contributed by atoms with E-state index in [1.165, 1.54) is 0 Å². The second-order valence-corrected chi connectivity index (χ2v) is 6.48. The van der Waals surface area contributed by atoms with Gasteiger partial charge in [0, 0.05) is 6.04 Å². The van der Waals surface area contributed by atoms with Gasteiger partial charge < -0.3 is 15.1 Å². The van der Waals surface area contributed by atoms with Crippen LogP contribution in [-0.4, -0.2) is 42.5 Å². The highest BCUT2D eigenvalue weighted by molar-refractivity contribution is 6.07. The van der Waals surface area contributed by atoms with Crippen molar-refractivity contribution >= 4 is 17.3 Å². The number of fused-ring (bicyclic) bond motifs is 1. The highest BCUT2D eigenvalue weighted by Gasteiger charge is 2.41. The molecule has 4 nitrogen and oxygen atoms in total. The van der Waals surface area contributed by atoms with E-state index in [2.05, 4.69) is 23.3 Å². The van der Waals surface area contributed by atoms with E-state index in [1.54, 1.807) is 0 Å². The highest BCUT2D eigenvalue weighted by atomic mass is 16.2. The minimum atomic E-state index is -0.530. The van der Waals surface area contributed by atoms with E-state index in [4.69, 9.17) is 0 Å². The monoisotopic (exact) mass is 273 g/mol. The van der Waals surface area contributed by atoms with Gasteiger partial charge in [0.15, 0.2) is 0 Å². The van der Waals surface area contributed by atoms with E-state index in [-0.39, 0.29) is 5.91 Å². The van der Waals surface area contributed by atoms with Crippen molar-refractivity contribution in [2.45, 2.75) is 38.3 Å². The summed E-state index contributed by atoms with van der Waals surface area (Å²) in [6, 6.07) is 8.46. The standard InChI is InChI=1S/C16H23N3O/c1-16(2)15(20)19(12-8-10-18(3)11-9-12)14-7-5-4-6-13(14)17-16/h4-7,12,17H,8-11H2,1-3H3. The second-order valence-electron chi connectivity index (χ2n) is 6.48. The Morgan fingerprint density at radius 2 is 1.85 bits per heavy atom. The lowest BCUT2D eigenvalue weighted by molar-refractivity contribution is -0.122. The van der Waals surface area contributed by atoms with Crippen LogP contribution in [0.3, 0.4) is 0 Å². The molecule has 2 aliphatic heterocycles. The van der Waals surface area contributed by atoms with Crippen molar-refractivity contribution in [3.05, 3.63) is 24.3 Å². The molecule has 0 bridgehead atoms. The number of anilines is 2. The predicted molar refractivity (Wildman–Crippen MR) is 82.1 cm³/mol. The molecule has 0 saturated carbocycles. The van der Waals surface area contributed by atoms with Crippen LogP contribution in [0.25, 0.3) is 0 Å². The molecule has 0 unspecified atom stereocenters. The van der Waals surface area contributed by atoms with Crippen LogP contribution in [-0.2, 0) is 4.79 Å². The summed E-state index contributed by atoms with van der Waals surface area (Å²) in [6.45, 7) is 6.05. The molecule has 0 aromatic heterocycles. The van der Waals surface area contributed by atoms with E-state index in [0.717, 1.165) is 37.3 Å². The maximum Gasteiger partial charge on any atom is 0.252 e. The molecular weight excluding hydrogens is 250 g/mol. The highest BCUT2D eigenvalue weighted by Crippen LogP contribution is 2.37. The van der Waals surface area contributed by atoms with Gasteiger partial charge >= 0.3 is 0 Å². The zero-order chi connectivity index (χ0) is 14.3. The summed E-state index contributed by atoms with van der Waals surface area (Å²) in [4.78, 5) is 17.2. The third kappa shape index (κ3) is 2.18. The first-order valence-corrected chi connectivity index (χ1v) is 7.38. The average Bonchev–Trinajstić information content (AvgIpc) is 2.41. The van der Waals surface area contributed by atoms with Gasteiger partial charge in [0.2, 0.25) is 0 Å². The van der Waals surface area contributed by atoms with Crippen LogP contribution in [0, 0.1) is 0 Å². The third-order valence-corrected chi connectivity index (χ3v) is 4.42. The number of amides is 1. The van der Waals surface area contributed by atoms with Gasteiger partial charge in [-0.1, -0.05) is 12.1 Å². The van der Waals surface area contributed by atoms with Crippen LogP contribution in [0.5, 0.6) is 0 Å². The summed E-state index contributed by atoms with van der Waals surface area (Å²) in [5, 5.41) is 3.36. The number of rotatable bonds is 1. The largest absolute Gasteiger partial charge is 0.370 e. The van der Waals surface area contributed by atoms with Gasteiger partial charge in [-0.15, -0.1) is 0 Å². The Morgan fingerprint density at radius 1 is 1.20 bits per heavy atom. The number of nitrogens with zero attached hydrogens (tertiary/aromatic N) is 2. The molecule has 1 fully saturated rings. The minimum absolute atomic E-state index is 0.186. The number of carbonyl (C=O) groups excluding carboxylic acids is 1. The molecule has 2 heterocycles. The van der Waals surface area contributed by atoms with E-state index in [9.17, 15) is 4.79 Å². The molecule has 108 valence electrons. The van der Waals surface area contributed by atoms with Crippen molar-refractivity contribution in [1.82, 2.24) is 4.90 Å². The number of para-hydroxylation sites is 2. The zero-order valence-corrected chi connectivity index (χ0v) is 12.5. The Kier molecular flexibility index (Phi) is 3.21. The Balaban J connectivity index is 1.97. The first-order chi connectivity index (χ1) is 9.49. The Labute approximate surface area is 120 Å². The van der Waals surface area contributed by atoms with Crippen LogP contribution in [0.1, 0.15) is 26.7 Å². The van der Waals surface area contributed by atoms with Crippen LogP contribution in [0.4, 0.5) is 11.4 Å². The van der Waals surface area contributed by atoms with Crippen molar-refractivity contribution in [3.63, 3.8) is 0 Å². The Bertz CT molecular complexity index is 518. The van der Waals surface area contributed by atoms with Gasteiger partial charge in [-0.05, 0) is 59.0 Å². The number of likely N-dealkylation sites (tertiary alicyclic amines) is 1. The number of carbonyl (C=O) groups is 1. The van der Waals surface area contributed by atoms with Crippen molar-refractivity contribution in [1.29, 1.82) is 0 Å². The fraction of sp³-hybridized carbons (Fsp3) is 0.562. The molecule has 20 heavy (non-hydrogen) atoms. The molecule has 1 aromatic carbocycles. The van der Waals surface area contributed by atoms with Crippen molar-refractivity contribution in [2.24, 2.45) is 0 Å². The molecule has 2 aliphatic rings. The Morgan fingerprint density at radius 3 is 2.55 bits per heavy atom. The van der Waals surface area contributed by atoms with Crippen LogP contribution in [0.15, 0.2) is 24.3 Å². The van der Waals surface area contributed by atoms with Crippen LogP contribution >= 0.6 is 0 Å². The molecule has 1 saturated heterocycles. The molecule has 3 rings (SSSR count). The normalized spacial score (nSPS) is 23.4. The first-order valence-electron chi connectivity index (χ1n) is 7.38. The average molecular weight is 273 g/mol. The molecule has 0 aliphatic carbocycles. The van der Waals surface area contributed by atoms with Gasteiger partial charge in [0.25, 0.3) is 5.91 Å². The molecule has 0 atom stereocenters. The first kappa shape index (κ1) is 13.4. The molecular formula is C16H23N3O. The second kappa shape index (κ2) is 4.77. The number of hydrogen-bond acceptors (Lipinski definition) is 3. The van der Waals surface area contributed by atoms with Gasteiger partial charge in [0.05, 0.1) is 11.4 Å². The SMILES string of the molecule is CN1CCC(N2C(=O)C(C)(C)Nc3ccccc32)CC1. The van der Waals surface area contributed by atoms with Gasteiger partial charge in [-0.2, -0.15) is 0 Å². The third-order valence-electron chi connectivity index (χ3n) is 4.42. The number of piperidine rings is 1. The molecule has 1 aromatic rings. The molecule has 1 amide bonds. The van der Waals surface area contributed by atoms with Crippen molar-refractivity contribution < 1.29 is 4.79 Å². The summed E-state index contributed by atoms with van der Waals surface area (Å²) in [7, 11) is 2.15. The fourth-order valence-electron chi connectivity index (χ4n) is 3.21. The number of hydrogen-bond donors (Lipinski definition) is 1. The van der Waals surface area contributed by atoms with Crippen LogP contribution < -0.4 is 10.2 Å². The number of nitrogens with one attached hydrogen (secondary N) is 1. The molecule has 0 spiro atoms. The number of benzene rings is 1. The molecule has 1 N–H and O–H groups in total. The predicted octanol–water partition coefficient (Wildman–Crippen LogP) is 2.32. The lowest BCUT2D eigenvalue weighted by Crippen LogP contribution is -2.58. The summed E-state index contributed by atoms with van der Waals surface area (Å²) >= 11 is 0. The zero-order valence-electron chi connectivity index (χ0n) is 12.5. The summed E-state index contributed by atoms with van der Waals surface area (Å²) in [5.41, 5.74) is 1.57. The topological polar surface area (TPSA) is 35.6 Å². The smallest absolute Gasteiger partial charge is 0.252 e. The van der Waals surface area contributed by atoms with E-state index in [1.807, 2.05) is 36.9 Å². The van der Waals surface area contributed by atoms with Gasteiger partial charge in [0.1, 0.15) is 5.54 Å². The van der Waals surface area contributed by atoms with E-state index >= 15 is 0 Å². The minimum Gasteiger partial charge on any atom is -0.370 e. The van der Waals surface area contributed by atoms with E-state index < -0.39 is 5.54 Å². The summed E-state index contributed by atoms with van der Waals surface area (Å²) in [5.74, 6) is 0.186. The maximum atomic E-state index is 12.8. The van der Waals surface area contributed by atoms with E-state index in [0.29, 0.717) is 6.04 Å². The lowest BCUT2D eigenvalue weighted by Gasteiger charge is -2.45. The molecule has 4 heteroatoms. The van der Waals surface area contributed by atoms with Crippen LogP contribution in [0.2, 0.25) is 0 Å². The summed E-state index contributed by atoms with van der Waals surface area (Å²) < 4.78 is 0. The van der Waals surface area contributed by atoms with Crippen molar-refractivity contribution in [2.75, 3.05) is 30.4 Å². The molecule has 0 radical (unpaired) electrons. The lowest BCUT2D eigenvalue weighted by atomic mass is 9.93. The fourth-order valence-corrected chi connectivity index (χ4v) is 3.21. The van der Waals surface area contributed by atoms with Crippen molar-refractivity contribution in [3.8, 4) is 0 Å². The summed E-state index contributed by atoms with van der Waals surface area (Å²) in [6.07, 6.45) is 2.10. The Hall–Kier alpha value is -1.55. The maximum absolute atomic E-state index is 12.8. The van der Waals surface area contributed by atoms with Gasteiger partial charge in [-0.3, -0.25) is 4.79 Å². The van der Waals surface area contributed by atoms with Gasteiger partial charge in [-0.25, -0.2) is 0 Å².